The molecule has 7 heteroatoms. The smallest absolute Gasteiger partial charge is 0.254 e. The van der Waals surface area contributed by atoms with Gasteiger partial charge in [-0.05, 0) is 44.2 Å². The van der Waals surface area contributed by atoms with E-state index < -0.39 is 0 Å². The van der Waals surface area contributed by atoms with E-state index in [1.807, 2.05) is 23.7 Å². The molecule has 30 heavy (non-hydrogen) atoms. The fourth-order valence-corrected chi connectivity index (χ4v) is 3.93. The van der Waals surface area contributed by atoms with Crippen molar-refractivity contribution >= 4 is 22.6 Å². The normalized spacial score (nSPS) is 14.7. The van der Waals surface area contributed by atoms with Gasteiger partial charge in [-0.25, -0.2) is 9.67 Å². The minimum absolute atomic E-state index is 0.114. The molecule has 1 aliphatic heterocycles. The van der Waals surface area contributed by atoms with Crippen LogP contribution >= 0.6 is 0 Å². The number of nitrogens with zero attached hydrogens (tertiary/aromatic N) is 3. The van der Waals surface area contributed by atoms with Crippen molar-refractivity contribution in [3.8, 4) is 0 Å². The summed E-state index contributed by atoms with van der Waals surface area (Å²) in [5.74, 6) is -0.114. The fraction of sp³-hybridized carbons (Fsp3) is 0.435. The zero-order valence-electron chi connectivity index (χ0n) is 17.6. The van der Waals surface area contributed by atoms with Crippen molar-refractivity contribution in [3.05, 3.63) is 53.3 Å². The van der Waals surface area contributed by atoms with Crippen molar-refractivity contribution in [2.75, 3.05) is 25.1 Å². The van der Waals surface area contributed by atoms with E-state index in [2.05, 4.69) is 39.8 Å². The van der Waals surface area contributed by atoms with Crippen LogP contribution in [0.4, 0.5) is 5.69 Å². The number of aryl methyl sites for hydroxylation is 2. The summed E-state index contributed by atoms with van der Waals surface area (Å²) >= 11 is 0. The number of pyridine rings is 1. The lowest BCUT2D eigenvalue weighted by Gasteiger charge is -2.25. The van der Waals surface area contributed by atoms with Gasteiger partial charge in [-0.2, -0.15) is 5.10 Å². The summed E-state index contributed by atoms with van der Waals surface area (Å²) in [4.78, 5) is 17.6. The zero-order valence-corrected chi connectivity index (χ0v) is 17.6. The maximum atomic E-state index is 13.1. The van der Waals surface area contributed by atoms with Crippen molar-refractivity contribution in [2.45, 2.75) is 45.7 Å². The summed E-state index contributed by atoms with van der Waals surface area (Å²) in [7, 11) is 0. The topological polar surface area (TPSA) is 81.1 Å². The maximum absolute atomic E-state index is 13.1. The number of carbonyl (C=O) groups is 1. The van der Waals surface area contributed by atoms with Crippen LogP contribution in [0.25, 0.3) is 11.0 Å². The molecule has 1 fully saturated rings. The Bertz CT molecular complexity index is 1020. The Kier molecular flexibility index (Phi) is 6.28. The summed E-state index contributed by atoms with van der Waals surface area (Å²) in [6.07, 6.45) is 6.10. The molecule has 0 bridgehead atoms. The minimum Gasteiger partial charge on any atom is -0.381 e. The van der Waals surface area contributed by atoms with Crippen LogP contribution in [0.2, 0.25) is 0 Å². The van der Waals surface area contributed by atoms with Crippen molar-refractivity contribution in [2.24, 2.45) is 0 Å². The van der Waals surface area contributed by atoms with E-state index in [1.165, 1.54) is 11.1 Å². The van der Waals surface area contributed by atoms with Gasteiger partial charge in [0.25, 0.3) is 5.91 Å². The van der Waals surface area contributed by atoms with E-state index in [-0.39, 0.29) is 11.9 Å². The van der Waals surface area contributed by atoms with Crippen molar-refractivity contribution in [1.82, 2.24) is 20.1 Å². The molecule has 2 aromatic heterocycles. The van der Waals surface area contributed by atoms with Crippen LogP contribution in [0.1, 0.15) is 41.3 Å². The van der Waals surface area contributed by atoms with Crippen molar-refractivity contribution < 1.29 is 9.53 Å². The van der Waals surface area contributed by atoms with Crippen molar-refractivity contribution in [1.29, 1.82) is 0 Å². The molecule has 3 heterocycles. The average molecular weight is 408 g/mol. The van der Waals surface area contributed by atoms with Gasteiger partial charge in [0, 0.05) is 38.5 Å². The number of nitrogens with one attached hydrogen (secondary N) is 2. The van der Waals surface area contributed by atoms with Gasteiger partial charge in [0.05, 0.1) is 22.8 Å². The molecular weight excluding hydrogens is 378 g/mol. The van der Waals surface area contributed by atoms with E-state index in [9.17, 15) is 4.79 Å². The molecule has 3 aromatic rings. The van der Waals surface area contributed by atoms with Gasteiger partial charge in [-0.1, -0.05) is 24.3 Å². The number of fused-ring (bicyclic) bond motifs is 1. The number of benzene rings is 1. The molecule has 1 amide bonds. The number of hydrogen-bond acceptors (Lipinski definition) is 5. The lowest BCUT2D eigenvalue weighted by atomic mass is 10.1. The highest BCUT2D eigenvalue weighted by Gasteiger charge is 2.22. The molecule has 158 valence electrons. The third-order valence-corrected chi connectivity index (χ3v) is 5.72. The van der Waals surface area contributed by atoms with E-state index in [0.29, 0.717) is 12.1 Å². The lowest BCUT2D eigenvalue weighted by molar-refractivity contribution is 0.0904. The number of hydrogen-bond donors (Lipinski definition) is 2. The minimum atomic E-state index is -0.114. The Labute approximate surface area is 176 Å². The van der Waals surface area contributed by atoms with Crippen LogP contribution in [0.15, 0.2) is 36.7 Å². The third-order valence-electron chi connectivity index (χ3n) is 5.72. The summed E-state index contributed by atoms with van der Waals surface area (Å²) < 4.78 is 7.33. The Morgan fingerprint density at radius 3 is 2.80 bits per heavy atom. The van der Waals surface area contributed by atoms with Gasteiger partial charge in [0.2, 0.25) is 0 Å². The second-order valence-corrected chi connectivity index (χ2v) is 7.71. The van der Waals surface area contributed by atoms with Crippen LogP contribution in [0.5, 0.6) is 0 Å². The molecule has 0 saturated carbocycles. The van der Waals surface area contributed by atoms with E-state index in [4.69, 9.17) is 4.74 Å². The van der Waals surface area contributed by atoms with E-state index in [1.54, 1.807) is 12.4 Å². The average Bonchev–Trinajstić information content (AvgIpc) is 3.19. The monoisotopic (exact) mass is 407 g/mol. The first kappa shape index (κ1) is 20.3. The van der Waals surface area contributed by atoms with Crippen LogP contribution in [-0.4, -0.2) is 46.5 Å². The van der Waals surface area contributed by atoms with Gasteiger partial charge in [0.15, 0.2) is 5.65 Å². The third kappa shape index (κ3) is 4.31. The Balaban J connectivity index is 1.56. The molecule has 1 aliphatic rings. The van der Waals surface area contributed by atoms with Gasteiger partial charge in [0.1, 0.15) is 0 Å². The molecule has 0 aliphatic carbocycles. The molecular formula is C23H29N5O2. The number of aromatic nitrogens is 3. The Hall–Kier alpha value is -2.93. The highest BCUT2D eigenvalue weighted by molar-refractivity contribution is 6.06. The van der Waals surface area contributed by atoms with Crippen LogP contribution in [0, 0.1) is 6.92 Å². The van der Waals surface area contributed by atoms with Gasteiger partial charge in [-0.15, -0.1) is 0 Å². The van der Waals surface area contributed by atoms with Crippen LogP contribution < -0.4 is 10.6 Å². The lowest BCUT2D eigenvalue weighted by Crippen LogP contribution is -2.31. The molecule has 0 atom stereocenters. The summed E-state index contributed by atoms with van der Waals surface area (Å²) in [6.45, 7) is 6.90. The molecule has 4 rings (SSSR count). The first-order valence-corrected chi connectivity index (χ1v) is 10.7. The van der Waals surface area contributed by atoms with Gasteiger partial charge >= 0.3 is 0 Å². The second kappa shape index (κ2) is 9.26. The Morgan fingerprint density at radius 1 is 1.23 bits per heavy atom. The van der Waals surface area contributed by atoms with Gasteiger partial charge < -0.3 is 15.4 Å². The highest BCUT2D eigenvalue weighted by atomic mass is 16.5. The second-order valence-electron chi connectivity index (χ2n) is 7.71. The molecule has 0 spiro atoms. The molecule has 0 radical (unpaired) electrons. The largest absolute Gasteiger partial charge is 0.381 e. The fourth-order valence-electron chi connectivity index (χ4n) is 3.93. The first-order chi connectivity index (χ1) is 14.7. The number of anilines is 1. The molecule has 2 N–H and O–H groups in total. The highest BCUT2D eigenvalue weighted by Crippen LogP contribution is 2.28. The predicted octanol–water partition coefficient (Wildman–Crippen LogP) is 3.32. The zero-order chi connectivity index (χ0) is 20.9. The molecule has 0 unspecified atom stereocenters. The first-order valence-electron chi connectivity index (χ1n) is 10.7. The summed E-state index contributed by atoms with van der Waals surface area (Å²) in [6, 6.07) is 8.53. The predicted molar refractivity (Wildman–Crippen MR) is 118 cm³/mol. The standard InChI is InChI=1S/C23H29N5O2/c1-3-28-22-19(15-26-28)21(27-18-9-12-30-13-10-18)20(14-25-22)23(29)24-11-8-17-7-5-4-6-16(17)2/h4-7,14-15,18H,3,8-13H2,1-2H3,(H,24,29)(H,25,27). The van der Waals surface area contributed by atoms with Crippen LogP contribution in [0.3, 0.4) is 0 Å². The quantitative estimate of drug-likeness (QED) is 0.628. The van der Waals surface area contributed by atoms with E-state index >= 15 is 0 Å². The van der Waals surface area contributed by atoms with Crippen LogP contribution in [-0.2, 0) is 17.7 Å². The SMILES string of the molecule is CCn1ncc2c(NC3CCOCC3)c(C(=O)NCCc3ccccc3C)cnc21. The number of ether oxygens (including phenoxy) is 1. The summed E-state index contributed by atoms with van der Waals surface area (Å²) in [5, 5.41) is 12.0. The molecule has 1 aromatic carbocycles. The molecule has 7 nitrogen and oxygen atoms in total. The number of carbonyl (C=O) groups excluding carboxylic acids is 1. The molecule has 1 saturated heterocycles. The number of rotatable bonds is 7. The maximum Gasteiger partial charge on any atom is 0.254 e. The van der Waals surface area contributed by atoms with Gasteiger partial charge in [-0.3, -0.25) is 4.79 Å². The number of amides is 1. The summed E-state index contributed by atoms with van der Waals surface area (Å²) in [5.41, 5.74) is 4.66. The van der Waals surface area contributed by atoms with Crippen molar-refractivity contribution in [3.63, 3.8) is 0 Å². The Morgan fingerprint density at radius 2 is 2.03 bits per heavy atom. The van der Waals surface area contributed by atoms with E-state index in [0.717, 1.165) is 55.7 Å².